The van der Waals surface area contributed by atoms with Gasteiger partial charge in [0.1, 0.15) is 6.04 Å². The Morgan fingerprint density at radius 2 is 1.84 bits per heavy atom. The molecule has 0 aromatic rings. The number of rotatable bonds is 3. The highest BCUT2D eigenvalue weighted by Crippen LogP contribution is 2.26. The first-order valence-electron chi connectivity index (χ1n) is 6.01. The summed E-state index contributed by atoms with van der Waals surface area (Å²) in [5, 5.41) is -3.78. The molecule has 9 heteroatoms. The van der Waals surface area contributed by atoms with Gasteiger partial charge in [-0.05, 0) is 0 Å². The van der Waals surface area contributed by atoms with Gasteiger partial charge in [-0.3, -0.25) is 9.69 Å². The molecule has 0 spiro atoms. The van der Waals surface area contributed by atoms with Gasteiger partial charge in [0.15, 0.2) is 0 Å². The van der Waals surface area contributed by atoms with E-state index in [4.69, 9.17) is 4.74 Å². The van der Waals surface area contributed by atoms with Crippen LogP contribution in [0.15, 0.2) is 0 Å². The van der Waals surface area contributed by atoms with Crippen molar-refractivity contribution in [3.8, 4) is 0 Å². The third-order valence-electron chi connectivity index (χ3n) is 3.41. The summed E-state index contributed by atoms with van der Waals surface area (Å²) >= 11 is 0. The Hall–Kier alpha value is -0.800. The van der Waals surface area contributed by atoms with Crippen LogP contribution in [0.3, 0.4) is 0 Å². The molecule has 0 aromatic carbocycles. The maximum absolute atomic E-state index is 13.0. The number of alkyl halides is 2. The molecule has 0 aliphatic carbocycles. The lowest BCUT2D eigenvalue weighted by Crippen LogP contribution is -2.55. The number of hydrogen-bond acceptors (Lipinski definition) is 5. The summed E-state index contributed by atoms with van der Waals surface area (Å²) in [6.45, 7) is 1.19. The smallest absolute Gasteiger partial charge is 0.356 e. The first kappa shape index (κ1) is 14.6. The van der Waals surface area contributed by atoms with Crippen molar-refractivity contribution in [2.45, 2.75) is 24.6 Å². The number of carbonyl (C=O) groups is 1. The third-order valence-corrected chi connectivity index (χ3v) is 5.37. The highest BCUT2D eigenvalue weighted by molar-refractivity contribution is 7.90. The number of hydrogen-bond donors (Lipinski definition) is 0. The second-order valence-electron chi connectivity index (χ2n) is 4.72. The van der Waals surface area contributed by atoms with Crippen LogP contribution in [0.2, 0.25) is 0 Å². The van der Waals surface area contributed by atoms with Crippen molar-refractivity contribution in [1.29, 1.82) is 0 Å². The summed E-state index contributed by atoms with van der Waals surface area (Å²) in [6.07, 6.45) is 0.565. The minimum Gasteiger partial charge on any atom is -0.464 e. The predicted molar refractivity (Wildman–Crippen MR) is 62.1 cm³/mol. The Bertz CT molecular complexity index is 455. The lowest BCUT2D eigenvalue weighted by atomic mass is 10.2. The minimum absolute atomic E-state index is 0.0322. The number of ether oxygens (including phenoxy) is 1. The van der Waals surface area contributed by atoms with Gasteiger partial charge in [0, 0.05) is 39.5 Å². The number of esters is 1. The molecule has 0 N–H and O–H groups in total. The largest absolute Gasteiger partial charge is 0.464 e. The van der Waals surface area contributed by atoms with Gasteiger partial charge in [-0.25, -0.2) is 8.42 Å². The first-order valence-corrected chi connectivity index (χ1v) is 7.46. The zero-order valence-corrected chi connectivity index (χ0v) is 11.3. The number of piperazine rings is 1. The van der Waals surface area contributed by atoms with E-state index in [-0.39, 0.29) is 38.2 Å². The summed E-state index contributed by atoms with van der Waals surface area (Å²) in [4.78, 5) is 13.2. The van der Waals surface area contributed by atoms with Gasteiger partial charge in [-0.1, -0.05) is 0 Å². The average molecular weight is 298 g/mol. The average Bonchev–Trinajstić information content (AvgIpc) is 2.74. The maximum atomic E-state index is 13.0. The van der Waals surface area contributed by atoms with Gasteiger partial charge in [0.05, 0.1) is 6.61 Å². The van der Waals surface area contributed by atoms with E-state index in [9.17, 15) is 22.0 Å². The molecule has 0 bridgehead atoms. The summed E-state index contributed by atoms with van der Waals surface area (Å²) < 4.78 is 54.8. The van der Waals surface area contributed by atoms with Crippen LogP contribution in [0.5, 0.6) is 0 Å². The van der Waals surface area contributed by atoms with Crippen molar-refractivity contribution in [1.82, 2.24) is 9.21 Å². The lowest BCUT2D eigenvalue weighted by molar-refractivity contribution is -0.142. The zero-order chi connectivity index (χ0) is 14.3. The van der Waals surface area contributed by atoms with Crippen molar-refractivity contribution in [3.63, 3.8) is 0 Å². The summed E-state index contributed by atoms with van der Waals surface area (Å²) in [6, 6.07) is -0.369. The van der Waals surface area contributed by atoms with E-state index in [1.165, 1.54) is 0 Å². The van der Waals surface area contributed by atoms with Crippen LogP contribution >= 0.6 is 0 Å². The van der Waals surface area contributed by atoms with Gasteiger partial charge >= 0.3 is 11.2 Å². The molecule has 0 radical (unpaired) electrons. The van der Waals surface area contributed by atoms with E-state index in [2.05, 4.69) is 0 Å². The highest BCUT2D eigenvalue weighted by atomic mass is 32.2. The molecule has 19 heavy (non-hydrogen) atoms. The SMILES string of the molecule is CC(F)(F)S(=O)(=O)N1CCN(C2CCOC2=O)CC1. The third kappa shape index (κ3) is 2.72. The van der Waals surface area contributed by atoms with Gasteiger partial charge < -0.3 is 4.74 Å². The van der Waals surface area contributed by atoms with Crippen molar-refractivity contribution < 1.29 is 26.7 Å². The summed E-state index contributed by atoms with van der Waals surface area (Å²) in [5.74, 6) is -0.322. The molecule has 1 atom stereocenters. The molecule has 0 aromatic heterocycles. The fraction of sp³-hybridized carbons (Fsp3) is 0.900. The fourth-order valence-electron chi connectivity index (χ4n) is 2.30. The van der Waals surface area contributed by atoms with Crippen molar-refractivity contribution in [3.05, 3.63) is 0 Å². The van der Waals surface area contributed by atoms with Crippen LogP contribution in [0.4, 0.5) is 8.78 Å². The van der Waals surface area contributed by atoms with E-state index in [1.807, 2.05) is 0 Å². The normalized spacial score (nSPS) is 27.5. The molecule has 6 nitrogen and oxygen atoms in total. The Morgan fingerprint density at radius 1 is 1.26 bits per heavy atom. The molecule has 2 heterocycles. The van der Waals surface area contributed by atoms with E-state index in [0.717, 1.165) is 4.31 Å². The molecular formula is C10H16F2N2O4S. The maximum Gasteiger partial charge on any atom is 0.356 e. The number of nitrogens with zero attached hydrogens (tertiary/aromatic N) is 2. The zero-order valence-electron chi connectivity index (χ0n) is 10.5. The van der Waals surface area contributed by atoms with Gasteiger partial charge in [-0.15, -0.1) is 0 Å². The number of halogens is 2. The molecule has 2 rings (SSSR count). The molecule has 0 saturated carbocycles. The van der Waals surface area contributed by atoms with E-state index < -0.39 is 15.3 Å². The Balaban J connectivity index is 1.98. The van der Waals surface area contributed by atoms with Crippen molar-refractivity contribution in [2.24, 2.45) is 0 Å². The first-order chi connectivity index (χ1) is 8.73. The quantitative estimate of drug-likeness (QED) is 0.679. The van der Waals surface area contributed by atoms with E-state index in [1.54, 1.807) is 4.90 Å². The lowest BCUT2D eigenvalue weighted by Gasteiger charge is -2.36. The molecule has 0 amide bonds. The molecule has 2 aliphatic rings. The van der Waals surface area contributed by atoms with Crippen molar-refractivity contribution in [2.75, 3.05) is 32.8 Å². The summed E-state index contributed by atoms with van der Waals surface area (Å²) in [5.41, 5.74) is 0. The monoisotopic (exact) mass is 298 g/mol. The number of carbonyl (C=O) groups excluding carboxylic acids is 1. The van der Waals surface area contributed by atoms with Crippen LogP contribution in [0.1, 0.15) is 13.3 Å². The van der Waals surface area contributed by atoms with Crippen LogP contribution < -0.4 is 0 Å². The predicted octanol–water partition coefficient (Wildman–Crippen LogP) is -0.138. The second-order valence-corrected chi connectivity index (χ2v) is 6.90. The molecule has 1 unspecified atom stereocenters. The van der Waals surface area contributed by atoms with Crippen molar-refractivity contribution >= 4 is 16.0 Å². The summed E-state index contributed by atoms with van der Waals surface area (Å²) in [7, 11) is -4.60. The highest BCUT2D eigenvalue weighted by Gasteiger charge is 2.46. The van der Waals surface area contributed by atoms with Crippen LogP contribution in [-0.4, -0.2) is 67.7 Å². The Kier molecular flexibility index (Phi) is 3.80. The number of sulfonamides is 1. The standard InChI is InChI=1S/C10H16F2N2O4S/c1-10(11,12)19(16,17)14-5-3-13(4-6-14)8-2-7-18-9(8)15/h8H,2-7H2,1H3. The topological polar surface area (TPSA) is 66.9 Å². The fourth-order valence-corrected chi connectivity index (χ4v) is 3.40. The van der Waals surface area contributed by atoms with E-state index >= 15 is 0 Å². The van der Waals surface area contributed by atoms with Gasteiger partial charge in [-0.2, -0.15) is 13.1 Å². The van der Waals surface area contributed by atoms with E-state index in [0.29, 0.717) is 20.0 Å². The molecular weight excluding hydrogens is 282 g/mol. The van der Waals surface area contributed by atoms with Crippen LogP contribution in [-0.2, 0) is 19.6 Å². The van der Waals surface area contributed by atoms with Gasteiger partial charge in [0.25, 0.3) is 10.0 Å². The molecule has 2 saturated heterocycles. The Morgan fingerprint density at radius 3 is 2.26 bits per heavy atom. The molecule has 110 valence electrons. The molecule has 2 fully saturated rings. The molecule has 2 aliphatic heterocycles. The Labute approximate surface area is 110 Å². The van der Waals surface area contributed by atoms with Gasteiger partial charge in [0.2, 0.25) is 0 Å². The van der Waals surface area contributed by atoms with Crippen LogP contribution in [0, 0.1) is 0 Å². The second kappa shape index (κ2) is 4.95. The van der Waals surface area contributed by atoms with Crippen LogP contribution in [0.25, 0.3) is 0 Å². The number of cyclic esters (lactones) is 1. The minimum atomic E-state index is -4.60.